The van der Waals surface area contributed by atoms with Crippen molar-refractivity contribution in [2.45, 2.75) is 12.7 Å². The van der Waals surface area contributed by atoms with Crippen LogP contribution >= 0.6 is 0 Å². The van der Waals surface area contributed by atoms with Gasteiger partial charge in [-0.05, 0) is 12.1 Å². The quantitative estimate of drug-likeness (QED) is 0.576. The molecule has 1 aliphatic heterocycles. The number of halogens is 3. The van der Waals surface area contributed by atoms with Crippen LogP contribution < -0.4 is 10.2 Å². The van der Waals surface area contributed by atoms with E-state index in [-0.39, 0.29) is 11.3 Å². The third kappa shape index (κ3) is 5.39. The van der Waals surface area contributed by atoms with Gasteiger partial charge in [-0.3, -0.25) is 4.90 Å². The van der Waals surface area contributed by atoms with Crippen LogP contribution in [0.2, 0.25) is 0 Å². The van der Waals surface area contributed by atoms with Gasteiger partial charge >= 0.3 is 6.18 Å². The Kier molecular flexibility index (Phi) is 6.47. The number of hydrogen-bond donors (Lipinski definition) is 1. The molecule has 0 unspecified atom stereocenters. The van der Waals surface area contributed by atoms with Crippen molar-refractivity contribution in [3.8, 4) is 11.3 Å². The highest BCUT2D eigenvalue weighted by molar-refractivity contribution is 5.64. The van der Waals surface area contributed by atoms with Gasteiger partial charge in [-0.25, -0.2) is 9.97 Å². The number of piperazine rings is 1. The van der Waals surface area contributed by atoms with Crippen molar-refractivity contribution in [2.24, 2.45) is 0 Å². The van der Waals surface area contributed by atoms with Crippen molar-refractivity contribution in [3.05, 3.63) is 60.1 Å². The summed E-state index contributed by atoms with van der Waals surface area (Å²) in [5.41, 5.74) is -0.517. The van der Waals surface area contributed by atoms with Gasteiger partial charge in [0.05, 0.1) is 12.1 Å². The first-order valence-corrected chi connectivity index (χ1v) is 10.1. The Hall–Kier alpha value is -2.98. The molecule has 0 amide bonds. The van der Waals surface area contributed by atoms with Crippen LogP contribution in [0.1, 0.15) is 11.3 Å². The molecule has 1 aliphatic rings. The van der Waals surface area contributed by atoms with Crippen molar-refractivity contribution >= 4 is 5.95 Å². The molecule has 10 heteroatoms. The molecular weight excluding hydrogens is 409 g/mol. The summed E-state index contributed by atoms with van der Waals surface area (Å²) < 4.78 is 44.8. The van der Waals surface area contributed by atoms with Crippen molar-refractivity contribution in [2.75, 3.05) is 44.2 Å². The normalized spacial score (nSPS) is 15.4. The number of rotatable bonds is 7. The molecule has 3 heterocycles. The second-order valence-corrected chi connectivity index (χ2v) is 7.28. The number of aromatic nitrogens is 3. The minimum Gasteiger partial charge on any atom is -0.359 e. The second-order valence-electron chi connectivity index (χ2n) is 7.28. The summed E-state index contributed by atoms with van der Waals surface area (Å²) in [5, 5.41) is 7.09. The Bertz CT molecular complexity index is 971. The van der Waals surface area contributed by atoms with E-state index >= 15 is 0 Å². The SMILES string of the molecule is FC(F)(F)c1ccccc1-c1cc(CNCCN2CCN(c3ncccn3)CC2)on1. The average molecular weight is 432 g/mol. The molecule has 7 nitrogen and oxygen atoms in total. The smallest absolute Gasteiger partial charge is 0.359 e. The molecule has 3 aromatic rings. The fourth-order valence-electron chi connectivity index (χ4n) is 3.55. The van der Waals surface area contributed by atoms with E-state index in [1.807, 2.05) is 0 Å². The zero-order chi connectivity index (χ0) is 21.7. The molecule has 1 aromatic carbocycles. The van der Waals surface area contributed by atoms with Gasteiger partial charge in [0.25, 0.3) is 0 Å². The van der Waals surface area contributed by atoms with Crippen LogP contribution in [0, 0.1) is 0 Å². The topological polar surface area (TPSA) is 70.3 Å². The highest BCUT2D eigenvalue weighted by Gasteiger charge is 2.34. The number of hydrogen-bond acceptors (Lipinski definition) is 7. The summed E-state index contributed by atoms with van der Waals surface area (Å²) in [4.78, 5) is 13.1. The summed E-state index contributed by atoms with van der Waals surface area (Å²) in [6.07, 6.45) is -0.949. The molecule has 1 N–H and O–H groups in total. The first-order valence-electron chi connectivity index (χ1n) is 10.1. The molecule has 164 valence electrons. The minimum absolute atomic E-state index is 0.0188. The van der Waals surface area contributed by atoms with E-state index in [1.165, 1.54) is 12.1 Å². The number of anilines is 1. The van der Waals surface area contributed by atoms with E-state index in [9.17, 15) is 13.2 Å². The molecule has 1 saturated heterocycles. The van der Waals surface area contributed by atoms with Gasteiger partial charge in [-0.15, -0.1) is 0 Å². The summed E-state index contributed by atoms with van der Waals surface area (Å²) in [5.74, 6) is 1.26. The molecule has 0 bridgehead atoms. The van der Waals surface area contributed by atoms with E-state index in [0.29, 0.717) is 12.3 Å². The first kappa shape index (κ1) is 21.3. The predicted octanol–water partition coefficient (Wildman–Crippen LogP) is 3.06. The fraction of sp³-hybridized carbons (Fsp3) is 0.381. The Morgan fingerprint density at radius 3 is 2.48 bits per heavy atom. The molecule has 31 heavy (non-hydrogen) atoms. The second kappa shape index (κ2) is 9.44. The molecule has 0 atom stereocenters. The van der Waals surface area contributed by atoms with Gasteiger partial charge in [-0.1, -0.05) is 23.4 Å². The van der Waals surface area contributed by atoms with Gasteiger partial charge in [-0.2, -0.15) is 13.2 Å². The van der Waals surface area contributed by atoms with E-state index in [4.69, 9.17) is 4.52 Å². The predicted molar refractivity (Wildman–Crippen MR) is 109 cm³/mol. The molecular formula is C21H23F3N6O. The highest BCUT2D eigenvalue weighted by atomic mass is 19.4. The van der Waals surface area contributed by atoms with Crippen LogP contribution in [0.5, 0.6) is 0 Å². The van der Waals surface area contributed by atoms with Gasteiger partial charge in [0.15, 0.2) is 5.76 Å². The lowest BCUT2D eigenvalue weighted by Gasteiger charge is -2.34. The van der Waals surface area contributed by atoms with Crippen LogP contribution in [-0.4, -0.2) is 59.3 Å². The summed E-state index contributed by atoms with van der Waals surface area (Å²) in [7, 11) is 0. The number of nitrogens with zero attached hydrogens (tertiary/aromatic N) is 5. The van der Waals surface area contributed by atoms with Crippen LogP contribution in [0.15, 0.2) is 53.3 Å². The van der Waals surface area contributed by atoms with Gasteiger partial charge in [0.2, 0.25) is 5.95 Å². The summed E-state index contributed by atoms with van der Waals surface area (Å²) >= 11 is 0. The molecule has 1 fully saturated rings. The van der Waals surface area contributed by atoms with Crippen molar-refractivity contribution < 1.29 is 17.7 Å². The third-order valence-electron chi connectivity index (χ3n) is 5.18. The molecule has 4 rings (SSSR count). The van der Waals surface area contributed by atoms with E-state index in [0.717, 1.165) is 51.3 Å². The van der Waals surface area contributed by atoms with Crippen molar-refractivity contribution in [1.29, 1.82) is 0 Å². The lowest BCUT2D eigenvalue weighted by molar-refractivity contribution is -0.137. The van der Waals surface area contributed by atoms with Crippen LogP contribution in [0.4, 0.5) is 19.1 Å². The van der Waals surface area contributed by atoms with Crippen molar-refractivity contribution in [3.63, 3.8) is 0 Å². The Morgan fingerprint density at radius 2 is 1.74 bits per heavy atom. The van der Waals surface area contributed by atoms with E-state index in [1.54, 1.807) is 30.6 Å². The summed E-state index contributed by atoms with van der Waals surface area (Å²) in [6.45, 7) is 5.57. The van der Waals surface area contributed by atoms with Gasteiger partial charge in [0, 0.05) is 63.3 Å². The Morgan fingerprint density at radius 1 is 1.00 bits per heavy atom. The fourth-order valence-corrected chi connectivity index (χ4v) is 3.55. The van der Waals surface area contributed by atoms with Crippen molar-refractivity contribution in [1.82, 2.24) is 25.3 Å². The Labute approximate surface area is 177 Å². The maximum Gasteiger partial charge on any atom is 0.417 e. The average Bonchev–Trinajstić information content (AvgIpc) is 3.26. The van der Waals surface area contributed by atoms with E-state index < -0.39 is 11.7 Å². The largest absolute Gasteiger partial charge is 0.417 e. The van der Waals surface area contributed by atoms with Crippen LogP contribution in [0.3, 0.4) is 0 Å². The molecule has 2 aromatic heterocycles. The zero-order valence-corrected chi connectivity index (χ0v) is 16.8. The van der Waals surface area contributed by atoms with Crippen LogP contribution in [0.25, 0.3) is 11.3 Å². The highest BCUT2D eigenvalue weighted by Crippen LogP contribution is 2.36. The number of alkyl halides is 3. The molecule has 0 saturated carbocycles. The maximum absolute atomic E-state index is 13.2. The third-order valence-corrected chi connectivity index (χ3v) is 5.18. The number of nitrogens with one attached hydrogen (secondary N) is 1. The first-order chi connectivity index (χ1) is 15.0. The van der Waals surface area contributed by atoms with Gasteiger partial charge < -0.3 is 14.7 Å². The lowest BCUT2D eigenvalue weighted by Crippen LogP contribution is -2.48. The lowest BCUT2D eigenvalue weighted by atomic mass is 10.0. The standard InChI is InChI=1S/C21H23F3N6O/c22-21(23,24)18-5-2-1-4-17(18)19-14-16(31-28-19)15-25-8-9-29-10-12-30(13-11-29)20-26-6-3-7-27-20/h1-7,14,25H,8-13,15H2. The maximum atomic E-state index is 13.2. The van der Waals surface area contributed by atoms with Crippen LogP contribution in [-0.2, 0) is 12.7 Å². The zero-order valence-electron chi connectivity index (χ0n) is 16.8. The van der Waals surface area contributed by atoms with E-state index in [2.05, 4.69) is 30.2 Å². The number of benzene rings is 1. The molecule has 0 radical (unpaired) electrons. The Balaban J connectivity index is 1.23. The molecule has 0 aliphatic carbocycles. The minimum atomic E-state index is -4.44. The van der Waals surface area contributed by atoms with Gasteiger partial charge in [0.1, 0.15) is 5.69 Å². The summed E-state index contributed by atoms with van der Waals surface area (Å²) in [6, 6.07) is 8.72. The molecule has 0 spiro atoms. The monoisotopic (exact) mass is 432 g/mol.